The number of Topliss-reactive ketones (excluding diaryl/α,β-unsaturated/α-hetero) is 1. The standard InChI is InChI=1S/C11H15NO3S/c1-4-10(13)9-6-5-8(2)11(7-9)16(14,15)12-3/h5-7,12H,4H2,1-3H3. The Balaban J connectivity index is 3.36. The van der Waals surface area contributed by atoms with Crippen LogP contribution in [0.25, 0.3) is 0 Å². The fourth-order valence-corrected chi connectivity index (χ4v) is 2.37. The molecule has 0 aliphatic heterocycles. The van der Waals surface area contributed by atoms with Gasteiger partial charge in [-0.05, 0) is 25.6 Å². The van der Waals surface area contributed by atoms with Crippen LogP contribution in [0.4, 0.5) is 0 Å². The monoisotopic (exact) mass is 241 g/mol. The maximum absolute atomic E-state index is 11.7. The van der Waals surface area contributed by atoms with Gasteiger partial charge in [0.1, 0.15) is 0 Å². The van der Waals surface area contributed by atoms with Gasteiger partial charge >= 0.3 is 0 Å². The average Bonchev–Trinajstić information content (AvgIpc) is 2.28. The van der Waals surface area contributed by atoms with Crippen molar-refractivity contribution >= 4 is 15.8 Å². The van der Waals surface area contributed by atoms with E-state index in [4.69, 9.17) is 0 Å². The first kappa shape index (κ1) is 12.9. The normalized spacial score (nSPS) is 11.4. The fourth-order valence-electron chi connectivity index (χ4n) is 1.38. The molecular weight excluding hydrogens is 226 g/mol. The minimum atomic E-state index is -3.50. The van der Waals surface area contributed by atoms with Gasteiger partial charge in [0.2, 0.25) is 10.0 Å². The third-order valence-electron chi connectivity index (χ3n) is 2.39. The van der Waals surface area contributed by atoms with Crippen molar-refractivity contribution < 1.29 is 13.2 Å². The minimum absolute atomic E-state index is 0.0625. The first-order valence-corrected chi connectivity index (χ1v) is 6.48. The number of rotatable bonds is 4. The van der Waals surface area contributed by atoms with E-state index in [0.717, 1.165) is 0 Å². The van der Waals surface area contributed by atoms with Crippen molar-refractivity contribution in [3.8, 4) is 0 Å². The summed E-state index contributed by atoms with van der Waals surface area (Å²) in [6, 6.07) is 4.72. The van der Waals surface area contributed by atoms with Gasteiger partial charge in [-0.2, -0.15) is 0 Å². The highest BCUT2D eigenvalue weighted by Crippen LogP contribution is 2.17. The number of nitrogens with one attached hydrogen (secondary N) is 1. The van der Waals surface area contributed by atoms with Gasteiger partial charge in [0, 0.05) is 12.0 Å². The molecule has 0 saturated carbocycles. The summed E-state index contributed by atoms with van der Waals surface area (Å²) >= 11 is 0. The van der Waals surface area contributed by atoms with Crippen LogP contribution >= 0.6 is 0 Å². The molecule has 88 valence electrons. The predicted molar refractivity (Wildman–Crippen MR) is 62.0 cm³/mol. The number of aryl methyl sites for hydroxylation is 1. The van der Waals surface area contributed by atoms with Gasteiger partial charge in [-0.15, -0.1) is 0 Å². The molecule has 0 aromatic heterocycles. The Labute approximate surface area is 95.7 Å². The summed E-state index contributed by atoms with van der Waals surface area (Å²) in [6.45, 7) is 3.44. The summed E-state index contributed by atoms with van der Waals surface area (Å²) < 4.78 is 25.6. The summed E-state index contributed by atoms with van der Waals surface area (Å²) in [6.07, 6.45) is 0.363. The number of ketones is 1. The second-order valence-corrected chi connectivity index (χ2v) is 5.32. The fraction of sp³-hybridized carbons (Fsp3) is 0.364. The zero-order chi connectivity index (χ0) is 12.3. The second-order valence-electron chi connectivity index (χ2n) is 3.46. The van der Waals surface area contributed by atoms with Gasteiger partial charge < -0.3 is 0 Å². The van der Waals surface area contributed by atoms with Gasteiger partial charge in [-0.3, -0.25) is 4.79 Å². The molecule has 0 unspecified atom stereocenters. The van der Waals surface area contributed by atoms with Crippen molar-refractivity contribution in [2.24, 2.45) is 0 Å². The molecule has 0 aliphatic rings. The molecule has 1 N–H and O–H groups in total. The van der Waals surface area contributed by atoms with E-state index >= 15 is 0 Å². The molecule has 0 fully saturated rings. The van der Waals surface area contributed by atoms with Crippen molar-refractivity contribution in [1.82, 2.24) is 4.72 Å². The molecule has 16 heavy (non-hydrogen) atoms. The van der Waals surface area contributed by atoms with E-state index in [1.165, 1.54) is 13.1 Å². The molecular formula is C11H15NO3S. The highest BCUT2D eigenvalue weighted by atomic mass is 32.2. The molecule has 4 nitrogen and oxygen atoms in total. The average molecular weight is 241 g/mol. The van der Waals surface area contributed by atoms with Gasteiger partial charge in [-0.25, -0.2) is 13.1 Å². The van der Waals surface area contributed by atoms with Crippen LogP contribution < -0.4 is 4.72 Å². The van der Waals surface area contributed by atoms with Gasteiger partial charge in [-0.1, -0.05) is 19.1 Å². The quantitative estimate of drug-likeness (QED) is 0.812. The van der Waals surface area contributed by atoms with Crippen LogP contribution in [-0.2, 0) is 10.0 Å². The molecule has 1 aromatic carbocycles. The predicted octanol–water partition coefficient (Wildman–Crippen LogP) is 1.50. The zero-order valence-electron chi connectivity index (χ0n) is 9.57. The van der Waals surface area contributed by atoms with Crippen molar-refractivity contribution in [3.63, 3.8) is 0 Å². The Morgan fingerprint density at radius 2 is 2.00 bits per heavy atom. The number of benzene rings is 1. The van der Waals surface area contributed by atoms with E-state index in [2.05, 4.69) is 4.72 Å². The van der Waals surface area contributed by atoms with Crippen molar-refractivity contribution in [1.29, 1.82) is 0 Å². The SMILES string of the molecule is CCC(=O)c1ccc(C)c(S(=O)(=O)NC)c1. The maximum atomic E-state index is 11.7. The summed E-state index contributed by atoms with van der Waals surface area (Å²) in [5, 5.41) is 0. The van der Waals surface area contributed by atoms with Crippen LogP contribution in [0.15, 0.2) is 23.1 Å². The largest absolute Gasteiger partial charge is 0.294 e. The first-order valence-electron chi connectivity index (χ1n) is 4.99. The third-order valence-corrected chi connectivity index (χ3v) is 3.95. The summed E-state index contributed by atoms with van der Waals surface area (Å²) in [5.41, 5.74) is 1.06. The molecule has 5 heteroatoms. The lowest BCUT2D eigenvalue weighted by molar-refractivity contribution is 0.0988. The molecule has 1 rings (SSSR count). The summed E-state index contributed by atoms with van der Waals surface area (Å²) in [7, 11) is -2.15. The van der Waals surface area contributed by atoms with Crippen molar-refractivity contribution in [2.45, 2.75) is 25.2 Å². The highest BCUT2D eigenvalue weighted by Gasteiger charge is 2.16. The van der Waals surface area contributed by atoms with Crippen LogP contribution in [0.5, 0.6) is 0 Å². The Morgan fingerprint density at radius 3 is 2.50 bits per heavy atom. The van der Waals surface area contributed by atoms with Gasteiger partial charge in [0.25, 0.3) is 0 Å². The Kier molecular flexibility index (Phi) is 3.83. The lowest BCUT2D eigenvalue weighted by atomic mass is 10.1. The minimum Gasteiger partial charge on any atom is -0.294 e. The van der Waals surface area contributed by atoms with E-state index < -0.39 is 10.0 Å². The summed E-state index contributed by atoms with van der Waals surface area (Å²) in [4.78, 5) is 11.6. The zero-order valence-corrected chi connectivity index (χ0v) is 10.4. The smallest absolute Gasteiger partial charge is 0.240 e. The van der Waals surface area contributed by atoms with E-state index in [1.807, 2.05) is 0 Å². The first-order chi connectivity index (χ1) is 7.42. The highest BCUT2D eigenvalue weighted by molar-refractivity contribution is 7.89. The molecule has 0 heterocycles. The number of hydrogen-bond acceptors (Lipinski definition) is 3. The summed E-state index contributed by atoms with van der Waals surface area (Å²) in [5.74, 6) is -0.0625. The Bertz CT molecular complexity index is 506. The Hall–Kier alpha value is -1.20. The van der Waals surface area contributed by atoms with E-state index in [-0.39, 0.29) is 10.7 Å². The Morgan fingerprint density at radius 1 is 1.38 bits per heavy atom. The van der Waals surface area contributed by atoms with Crippen molar-refractivity contribution in [2.75, 3.05) is 7.05 Å². The van der Waals surface area contributed by atoms with Crippen molar-refractivity contribution in [3.05, 3.63) is 29.3 Å². The van der Waals surface area contributed by atoms with Crippen LogP contribution in [0.3, 0.4) is 0 Å². The van der Waals surface area contributed by atoms with E-state index in [9.17, 15) is 13.2 Å². The van der Waals surface area contributed by atoms with Crippen LogP contribution in [0, 0.1) is 6.92 Å². The molecule has 0 aliphatic carbocycles. The second kappa shape index (κ2) is 4.76. The maximum Gasteiger partial charge on any atom is 0.240 e. The number of sulfonamides is 1. The number of carbonyl (C=O) groups is 1. The topological polar surface area (TPSA) is 63.2 Å². The molecule has 0 spiro atoms. The molecule has 0 amide bonds. The molecule has 0 atom stereocenters. The van der Waals surface area contributed by atoms with Crippen LogP contribution in [0.1, 0.15) is 29.3 Å². The van der Waals surface area contributed by atoms with Crippen LogP contribution in [-0.4, -0.2) is 21.2 Å². The van der Waals surface area contributed by atoms with Gasteiger partial charge in [0.15, 0.2) is 5.78 Å². The van der Waals surface area contributed by atoms with E-state index in [0.29, 0.717) is 17.5 Å². The molecule has 0 radical (unpaired) electrons. The van der Waals surface area contributed by atoms with Crippen LogP contribution in [0.2, 0.25) is 0 Å². The molecule has 0 saturated heterocycles. The molecule has 0 bridgehead atoms. The van der Waals surface area contributed by atoms with E-state index in [1.54, 1.807) is 26.0 Å². The van der Waals surface area contributed by atoms with Gasteiger partial charge in [0.05, 0.1) is 4.90 Å². The lowest BCUT2D eigenvalue weighted by Crippen LogP contribution is -2.20. The molecule has 1 aromatic rings. The third kappa shape index (κ3) is 2.48. The number of carbonyl (C=O) groups excluding carboxylic acids is 1. The number of hydrogen-bond donors (Lipinski definition) is 1. The lowest BCUT2D eigenvalue weighted by Gasteiger charge is -2.08.